The molecule has 0 spiro atoms. The van der Waals surface area contributed by atoms with E-state index in [2.05, 4.69) is 13.5 Å². The summed E-state index contributed by atoms with van der Waals surface area (Å²) in [5.41, 5.74) is 2.10. The molecule has 0 amide bonds. The monoisotopic (exact) mass is 256 g/mol. The Labute approximate surface area is 104 Å². The summed E-state index contributed by atoms with van der Waals surface area (Å²) in [4.78, 5) is 1.18. The third-order valence-corrected chi connectivity index (χ3v) is 4.27. The van der Waals surface area contributed by atoms with Crippen LogP contribution in [0.3, 0.4) is 0 Å². The van der Waals surface area contributed by atoms with Crippen LogP contribution in [0.15, 0.2) is 41.3 Å². The molecule has 1 unspecified atom stereocenters. The smallest absolute Gasteiger partial charge is 0.0533 e. The highest BCUT2D eigenvalue weighted by atomic mass is 35.5. The van der Waals surface area contributed by atoms with Gasteiger partial charge in [-0.2, -0.15) is 0 Å². The lowest BCUT2D eigenvalue weighted by atomic mass is 10.1. The average molecular weight is 257 g/mol. The van der Waals surface area contributed by atoms with Gasteiger partial charge in [0.2, 0.25) is 0 Å². The topological polar surface area (TPSA) is 0 Å². The van der Waals surface area contributed by atoms with E-state index in [1.54, 1.807) is 11.8 Å². The third-order valence-electron chi connectivity index (χ3n) is 2.39. The van der Waals surface area contributed by atoms with Crippen LogP contribution in [0, 0.1) is 0 Å². The average Bonchev–Trinajstić information content (AvgIpc) is 2.20. The van der Waals surface area contributed by atoms with E-state index in [0.717, 1.165) is 16.2 Å². The minimum atomic E-state index is 0.351. The molecular weight excluding hydrogens is 247 g/mol. The first kappa shape index (κ1) is 11.1. The van der Waals surface area contributed by atoms with Crippen LogP contribution in [0.5, 0.6) is 0 Å². The Morgan fingerprint density at radius 1 is 1.40 bits per heavy atom. The lowest BCUT2D eigenvalue weighted by Crippen LogP contribution is -2.06. The summed E-state index contributed by atoms with van der Waals surface area (Å²) in [6.45, 7) is 5.92. The van der Waals surface area contributed by atoms with Crippen molar-refractivity contribution >= 4 is 40.0 Å². The van der Waals surface area contributed by atoms with Crippen LogP contribution >= 0.6 is 35.0 Å². The highest BCUT2D eigenvalue weighted by Gasteiger charge is 2.22. The predicted molar refractivity (Wildman–Crippen MR) is 69.7 cm³/mol. The summed E-state index contributed by atoms with van der Waals surface area (Å²) in [5, 5.41) is 1.84. The van der Waals surface area contributed by atoms with E-state index in [0.29, 0.717) is 10.3 Å². The lowest BCUT2D eigenvalue weighted by Gasteiger charge is -2.23. The standard InChI is InChI=1S/C12H10Cl2S/c1-3-9-7(2)15-11-5-4-8(13)6-10(11)12(9)14/h3-7H,1H2,2H3. The molecule has 0 aromatic heterocycles. The Hall–Kier alpha value is -0.370. The first-order valence-electron chi connectivity index (χ1n) is 4.62. The summed E-state index contributed by atoms with van der Waals surface area (Å²) in [6, 6.07) is 5.81. The number of fused-ring (bicyclic) bond motifs is 1. The molecule has 0 fully saturated rings. The van der Waals surface area contributed by atoms with E-state index in [9.17, 15) is 0 Å². The molecule has 0 bridgehead atoms. The fourth-order valence-electron chi connectivity index (χ4n) is 1.62. The van der Waals surface area contributed by atoms with Gasteiger partial charge < -0.3 is 0 Å². The molecule has 0 radical (unpaired) electrons. The zero-order valence-electron chi connectivity index (χ0n) is 8.26. The van der Waals surface area contributed by atoms with Crippen molar-refractivity contribution in [2.75, 3.05) is 0 Å². The van der Waals surface area contributed by atoms with Gasteiger partial charge in [0, 0.05) is 20.7 Å². The third kappa shape index (κ3) is 1.96. The van der Waals surface area contributed by atoms with Crippen LogP contribution in [0.25, 0.3) is 5.03 Å². The van der Waals surface area contributed by atoms with Gasteiger partial charge in [0.05, 0.1) is 5.03 Å². The van der Waals surface area contributed by atoms with Crippen molar-refractivity contribution in [3.63, 3.8) is 0 Å². The first-order valence-corrected chi connectivity index (χ1v) is 6.25. The Morgan fingerprint density at radius 2 is 2.13 bits per heavy atom. The molecule has 1 aliphatic rings. The molecule has 0 saturated heterocycles. The maximum atomic E-state index is 6.32. The molecular formula is C12H10Cl2S. The molecule has 78 valence electrons. The van der Waals surface area contributed by atoms with Crippen LogP contribution < -0.4 is 0 Å². The number of allylic oxidation sites excluding steroid dienone is 1. The molecule has 1 aromatic carbocycles. The molecule has 0 nitrogen and oxygen atoms in total. The van der Waals surface area contributed by atoms with E-state index < -0.39 is 0 Å². The number of thioether (sulfide) groups is 1. The van der Waals surface area contributed by atoms with Crippen molar-refractivity contribution in [1.29, 1.82) is 0 Å². The summed E-state index contributed by atoms with van der Waals surface area (Å²) in [7, 11) is 0. The van der Waals surface area contributed by atoms with Crippen molar-refractivity contribution in [2.45, 2.75) is 17.1 Å². The maximum absolute atomic E-state index is 6.32. The molecule has 1 aliphatic heterocycles. The van der Waals surface area contributed by atoms with Gasteiger partial charge in [0.1, 0.15) is 0 Å². The Balaban J connectivity index is 2.63. The quantitative estimate of drug-likeness (QED) is 0.684. The van der Waals surface area contributed by atoms with Gasteiger partial charge in [-0.3, -0.25) is 0 Å². The van der Waals surface area contributed by atoms with Gasteiger partial charge >= 0.3 is 0 Å². The largest absolute Gasteiger partial charge is 0.117 e. The van der Waals surface area contributed by atoms with Crippen molar-refractivity contribution < 1.29 is 0 Å². The van der Waals surface area contributed by atoms with Crippen LogP contribution in [0.1, 0.15) is 12.5 Å². The molecule has 15 heavy (non-hydrogen) atoms. The van der Waals surface area contributed by atoms with Crippen LogP contribution in [0.2, 0.25) is 5.02 Å². The van der Waals surface area contributed by atoms with Gasteiger partial charge in [-0.1, -0.05) is 35.9 Å². The van der Waals surface area contributed by atoms with E-state index in [1.807, 2.05) is 24.3 Å². The number of hydrogen-bond acceptors (Lipinski definition) is 1. The minimum Gasteiger partial charge on any atom is -0.117 e. The second-order valence-corrected chi connectivity index (χ2v) is 5.57. The van der Waals surface area contributed by atoms with E-state index in [1.165, 1.54) is 4.90 Å². The van der Waals surface area contributed by atoms with Gasteiger partial charge in [-0.05, 0) is 30.7 Å². The summed E-state index contributed by atoms with van der Waals surface area (Å²) in [5.74, 6) is 0. The zero-order chi connectivity index (χ0) is 11.0. The number of halogens is 2. The fraction of sp³-hybridized carbons (Fsp3) is 0.167. The number of hydrogen-bond donors (Lipinski definition) is 0. The van der Waals surface area contributed by atoms with Crippen molar-refractivity contribution in [3.05, 3.63) is 47.0 Å². The maximum Gasteiger partial charge on any atom is 0.0533 e. The van der Waals surface area contributed by atoms with Gasteiger partial charge in [-0.25, -0.2) is 0 Å². The van der Waals surface area contributed by atoms with Crippen LogP contribution in [-0.4, -0.2) is 5.25 Å². The van der Waals surface area contributed by atoms with Crippen molar-refractivity contribution in [1.82, 2.24) is 0 Å². The van der Waals surface area contributed by atoms with Crippen molar-refractivity contribution in [3.8, 4) is 0 Å². The molecule has 3 heteroatoms. The van der Waals surface area contributed by atoms with Gasteiger partial charge in [0.25, 0.3) is 0 Å². The predicted octanol–water partition coefficient (Wildman–Crippen LogP) is 4.97. The molecule has 1 atom stereocenters. The van der Waals surface area contributed by atoms with Crippen molar-refractivity contribution in [2.24, 2.45) is 0 Å². The Bertz CT molecular complexity index is 449. The molecule has 0 aliphatic carbocycles. The summed E-state index contributed by atoms with van der Waals surface area (Å²) < 4.78 is 0. The summed E-state index contributed by atoms with van der Waals surface area (Å²) in [6.07, 6.45) is 1.82. The molecule has 1 heterocycles. The second kappa shape index (κ2) is 4.25. The highest BCUT2D eigenvalue weighted by Crippen LogP contribution is 2.44. The fourth-order valence-corrected chi connectivity index (χ4v) is 3.47. The Kier molecular flexibility index (Phi) is 3.15. The molecule has 2 rings (SSSR count). The Morgan fingerprint density at radius 3 is 2.80 bits per heavy atom. The van der Waals surface area contributed by atoms with E-state index in [4.69, 9.17) is 23.2 Å². The summed E-state index contributed by atoms with van der Waals surface area (Å²) >= 11 is 14.1. The molecule has 1 aromatic rings. The van der Waals surface area contributed by atoms with Crippen LogP contribution in [-0.2, 0) is 0 Å². The van der Waals surface area contributed by atoms with Gasteiger partial charge in [0.15, 0.2) is 0 Å². The van der Waals surface area contributed by atoms with E-state index >= 15 is 0 Å². The first-order chi connectivity index (χ1) is 7.13. The minimum absolute atomic E-state index is 0.351. The number of rotatable bonds is 1. The SMILES string of the molecule is C=CC1=C(Cl)c2cc(Cl)ccc2SC1C. The lowest BCUT2D eigenvalue weighted by molar-refractivity contribution is 1.15. The second-order valence-electron chi connectivity index (χ2n) is 3.37. The van der Waals surface area contributed by atoms with Crippen LogP contribution in [0.4, 0.5) is 0 Å². The van der Waals surface area contributed by atoms with E-state index in [-0.39, 0.29) is 0 Å². The molecule has 0 N–H and O–H groups in total. The normalized spacial score (nSPS) is 20.1. The zero-order valence-corrected chi connectivity index (χ0v) is 10.6. The van der Waals surface area contributed by atoms with Gasteiger partial charge in [-0.15, -0.1) is 11.8 Å². The highest BCUT2D eigenvalue weighted by molar-refractivity contribution is 8.00. The number of benzene rings is 1. The molecule has 0 saturated carbocycles.